The Labute approximate surface area is 117 Å². The number of H-pyrrole nitrogens is 1. The molecule has 0 spiro atoms. The summed E-state index contributed by atoms with van der Waals surface area (Å²) in [6.07, 6.45) is 17.0. The standard InChI is InChI=1S/C16H28ClN/c1-2-3-4-5-6-7-8-9-10-11-12-16-13-15(17)14-18-16/h13-14,18H,2-12H2,1H3. The van der Waals surface area contributed by atoms with Gasteiger partial charge in [-0.15, -0.1) is 0 Å². The molecule has 1 aromatic heterocycles. The van der Waals surface area contributed by atoms with Crippen molar-refractivity contribution in [3.63, 3.8) is 0 Å². The third-order valence-corrected chi connectivity index (χ3v) is 3.73. The molecule has 0 fully saturated rings. The van der Waals surface area contributed by atoms with Crippen LogP contribution in [0.25, 0.3) is 0 Å². The van der Waals surface area contributed by atoms with Gasteiger partial charge in [0.25, 0.3) is 0 Å². The number of hydrogen-bond donors (Lipinski definition) is 1. The smallest absolute Gasteiger partial charge is 0.0583 e. The van der Waals surface area contributed by atoms with Crippen LogP contribution in [0.1, 0.15) is 76.8 Å². The van der Waals surface area contributed by atoms with Gasteiger partial charge in [0.1, 0.15) is 0 Å². The molecule has 0 atom stereocenters. The Hall–Kier alpha value is -0.430. The Bertz CT molecular complexity index is 293. The summed E-state index contributed by atoms with van der Waals surface area (Å²) in [6.45, 7) is 2.28. The van der Waals surface area contributed by atoms with Gasteiger partial charge in [-0.3, -0.25) is 0 Å². The molecule has 1 heterocycles. The monoisotopic (exact) mass is 269 g/mol. The highest BCUT2D eigenvalue weighted by molar-refractivity contribution is 6.30. The molecule has 0 saturated heterocycles. The fourth-order valence-electron chi connectivity index (χ4n) is 2.36. The normalized spacial score (nSPS) is 11.0. The molecule has 0 aromatic carbocycles. The molecule has 0 aliphatic rings. The van der Waals surface area contributed by atoms with E-state index in [9.17, 15) is 0 Å². The number of aromatic amines is 1. The minimum absolute atomic E-state index is 0.831. The molecule has 0 aliphatic carbocycles. The van der Waals surface area contributed by atoms with E-state index in [1.165, 1.54) is 69.9 Å². The zero-order chi connectivity index (χ0) is 13.1. The second kappa shape index (κ2) is 10.5. The fourth-order valence-corrected chi connectivity index (χ4v) is 2.54. The van der Waals surface area contributed by atoms with Crippen LogP contribution in [0.2, 0.25) is 5.02 Å². The average molecular weight is 270 g/mol. The maximum atomic E-state index is 5.86. The molecule has 0 bridgehead atoms. The summed E-state index contributed by atoms with van der Waals surface area (Å²) in [4.78, 5) is 3.20. The lowest BCUT2D eigenvalue weighted by Crippen LogP contribution is -1.86. The first-order valence-electron chi connectivity index (χ1n) is 7.65. The molecule has 0 saturated carbocycles. The predicted molar refractivity (Wildman–Crippen MR) is 81.4 cm³/mol. The third kappa shape index (κ3) is 7.81. The van der Waals surface area contributed by atoms with E-state index in [-0.39, 0.29) is 0 Å². The maximum Gasteiger partial charge on any atom is 0.0583 e. The second-order valence-corrected chi connectivity index (χ2v) is 5.71. The van der Waals surface area contributed by atoms with E-state index in [0.29, 0.717) is 0 Å². The number of rotatable bonds is 11. The van der Waals surface area contributed by atoms with E-state index in [1.807, 2.05) is 12.3 Å². The lowest BCUT2D eigenvalue weighted by molar-refractivity contribution is 0.555. The lowest BCUT2D eigenvalue weighted by Gasteiger charge is -2.02. The van der Waals surface area contributed by atoms with Crippen LogP contribution in [0.15, 0.2) is 12.3 Å². The largest absolute Gasteiger partial charge is 0.364 e. The van der Waals surface area contributed by atoms with Crippen molar-refractivity contribution < 1.29 is 0 Å². The maximum absolute atomic E-state index is 5.86. The topological polar surface area (TPSA) is 15.8 Å². The van der Waals surface area contributed by atoms with E-state index < -0.39 is 0 Å². The van der Waals surface area contributed by atoms with Crippen LogP contribution in [0, 0.1) is 0 Å². The Balaban J connectivity index is 1.81. The number of aromatic nitrogens is 1. The van der Waals surface area contributed by atoms with E-state index in [0.717, 1.165) is 11.4 Å². The van der Waals surface area contributed by atoms with Gasteiger partial charge in [0.15, 0.2) is 0 Å². The number of halogens is 1. The molecule has 18 heavy (non-hydrogen) atoms. The highest BCUT2D eigenvalue weighted by atomic mass is 35.5. The molecule has 0 unspecified atom stereocenters. The van der Waals surface area contributed by atoms with Crippen LogP contribution in [0.5, 0.6) is 0 Å². The Morgan fingerprint density at radius 2 is 1.44 bits per heavy atom. The van der Waals surface area contributed by atoms with Crippen molar-refractivity contribution in [2.45, 2.75) is 77.6 Å². The van der Waals surface area contributed by atoms with Crippen molar-refractivity contribution in [1.29, 1.82) is 0 Å². The molecule has 1 nitrogen and oxygen atoms in total. The van der Waals surface area contributed by atoms with Gasteiger partial charge in [0.2, 0.25) is 0 Å². The lowest BCUT2D eigenvalue weighted by atomic mass is 10.1. The van der Waals surface area contributed by atoms with Crippen LogP contribution in [-0.4, -0.2) is 4.98 Å². The highest BCUT2D eigenvalue weighted by Gasteiger charge is 1.97. The van der Waals surface area contributed by atoms with Gasteiger partial charge >= 0.3 is 0 Å². The summed E-state index contributed by atoms with van der Waals surface area (Å²) in [7, 11) is 0. The molecule has 1 N–H and O–H groups in total. The van der Waals surface area contributed by atoms with Crippen molar-refractivity contribution in [1.82, 2.24) is 4.98 Å². The minimum atomic E-state index is 0.831. The summed E-state index contributed by atoms with van der Waals surface area (Å²) >= 11 is 5.86. The van der Waals surface area contributed by atoms with Crippen molar-refractivity contribution in [2.75, 3.05) is 0 Å². The van der Waals surface area contributed by atoms with E-state index in [2.05, 4.69) is 11.9 Å². The van der Waals surface area contributed by atoms with Crippen molar-refractivity contribution in [3.05, 3.63) is 23.0 Å². The average Bonchev–Trinajstić information content (AvgIpc) is 2.77. The number of hydrogen-bond acceptors (Lipinski definition) is 0. The number of aryl methyl sites for hydroxylation is 1. The highest BCUT2D eigenvalue weighted by Crippen LogP contribution is 2.14. The molecule has 104 valence electrons. The first kappa shape index (κ1) is 15.6. The molecule has 0 radical (unpaired) electrons. The summed E-state index contributed by atoms with van der Waals surface area (Å²) in [6, 6.07) is 2.04. The third-order valence-electron chi connectivity index (χ3n) is 3.51. The first-order valence-corrected chi connectivity index (χ1v) is 8.03. The van der Waals surface area contributed by atoms with E-state index in [1.54, 1.807) is 0 Å². The molecule has 1 rings (SSSR count). The SMILES string of the molecule is CCCCCCCCCCCCc1cc(Cl)c[nH]1. The molecular weight excluding hydrogens is 242 g/mol. The van der Waals surface area contributed by atoms with Crippen LogP contribution >= 0.6 is 11.6 Å². The Morgan fingerprint density at radius 3 is 1.94 bits per heavy atom. The van der Waals surface area contributed by atoms with Gasteiger partial charge in [-0.1, -0.05) is 76.3 Å². The minimum Gasteiger partial charge on any atom is -0.364 e. The first-order chi connectivity index (χ1) is 8.83. The Morgan fingerprint density at radius 1 is 0.889 bits per heavy atom. The molecule has 1 aromatic rings. The van der Waals surface area contributed by atoms with Gasteiger partial charge in [-0.2, -0.15) is 0 Å². The van der Waals surface area contributed by atoms with Gasteiger partial charge in [0.05, 0.1) is 5.02 Å². The van der Waals surface area contributed by atoms with Crippen molar-refractivity contribution in [3.8, 4) is 0 Å². The summed E-state index contributed by atoms with van der Waals surface area (Å²) in [5.41, 5.74) is 1.28. The zero-order valence-corrected chi connectivity index (χ0v) is 12.6. The second-order valence-electron chi connectivity index (χ2n) is 5.28. The zero-order valence-electron chi connectivity index (χ0n) is 11.8. The molecule has 0 aliphatic heterocycles. The van der Waals surface area contributed by atoms with Gasteiger partial charge in [-0.05, 0) is 18.9 Å². The number of nitrogens with one attached hydrogen (secondary N) is 1. The molecule has 2 heteroatoms. The molecular formula is C16H28ClN. The molecule has 0 amide bonds. The predicted octanol–water partition coefficient (Wildman–Crippen LogP) is 6.13. The van der Waals surface area contributed by atoms with E-state index in [4.69, 9.17) is 11.6 Å². The van der Waals surface area contributed by atoms with Crippen LogP contribution in [0.3, 0.4) is 0 Å². The van der Waals surface area contributed by atoms with Crippen LogP contribution < -0.4 is 0 Å². The van der Waals surface area contributed by atoms with E-state index >= 15 is 0 Å². The summed E-state index contributed by atoms with van der Waals surface area (Å²) in [5.74, 6) is 0. The summed E-state index contributed by atoms with van der Waals surface area (Å²) in [5, 5.41) is 0.831. The number of unbranched alkanes of at least 4 members (excludes halogenated alkanes) is 9. The van der Waals surface area contributed by atoms with Gasteiger partial charge in [0, 0.05) is 11.9 Å². The van der Waals surface area contributed by atoms with Crippen LogP contribution in [0.4, 0.5) is 0 Å². The quantitative estimate of drug-likeness (QED) is 0.465. The van der Waals surface area contributed by atoms with Crippen molar-refractivity contribution >= 4 is 11.6 Å². The fraction of sp³-hybridized carbons (Fsp3) is 0.750. The Kier molecular flexibility index (Phi) is 9.11. The van der Waals surface area contributed by atoms with Gasteiger partial charge in [-0.25, -0.2) is 0 Å². The van der Waals surface area contributed by atoms with Crippen LogP contribution in [-0.2, 0) is 6.42 Å². The summed E-state index contributed by atoms with van der Waals surface area (Å²) < 4.78 is 0. The van der Waals surface area contributed by atoms with Crippen molar-refractivity contribution in [2.24, 2.45) is 0 Å². The van der Waals surface area contributed by atoms with Gasteiger partial charge < -0.3 is 4.98 Å².